The molecule has 3 nitrogen and oxygen atoms in total. The van der Waals surface area contributed by atoms with Crippen LogP contribution >= 0.6 is 11.3 Å². The summed E-state index contributed by atoms with van der Waals surface area (Å²) < 4.78 is 4.93. The van der Waals surface area contributed by atoms with Gasteiger partial charge in [0.2, 0.25) is 0 Å². The zero-order valence-corrected chi connectivity index (χ0v) is 10.5. The van der Waals surface area contributed by atoms with E-state index in [0.29, 0.717) is 18.2 Å². The number of thiazole rings is 1. The zero-order chi connectivity index (χ0) is 11.4. The number of esters is 1. The number of carbonyl (C=O) groups excluding carboxylic acids is 1. The van der Waals surface area contributed by atoms with Gasteiger partial charge in [-0.05, 0) is 19.8 Å². The molecule has 1 aromatic rings. The summed E-state index contributed by atoms with van der Waals surface area (Å²) in [5.74, 6) is 0.256. The number of hydrogen-bond donors (Lipinski definition) is 0. The molecule has 0 saturated heterocycles. The molecule has 0 unspecified atom stereocenters. The monoisotopic (exact) mass is 227 g/mol. The number of aryl methyl sites for hydroxylation is 1. The lowest BCUT2D eigenvalue weighted by Gasteiger charge is -1.99. The highest BCUT2D eigenvalue weighted by Crippen LogP contribution is 2.20. The third-order valence-electron chi connectivity index (χ3n) is 1.89. The predicted octanol–water partition coefficient (Wildman–Crippen LogP) is 2.83. The highest BCUT2D eigenvalue weighted by Gasteiger charge is 2.16. The minimum absolute atomic E-state index is 0.304. The summed E-state index contributed by atoms with van der Waals surface area (Å²) in [4.78, 5) is 16.7. The van der Waals surface area contributed by atoms with Gasteiger partial charge in [0.25, 0.3) is 0 Å². The van der Waals surface area contributed by atoms with E-state index in [2.05, 4.69) is 18.8 Å². The Morgan fingerprint density at radius 2 is 2.20 bits per heavy atom. The van der Waals surface area contributed by atoms with Gasteiger partial charge in [0.1, 0.15) is 0 Å². The Balaban J connectivity index is 2.81. The van der Waals surface area contributed by atoms with E-state index in [1.165, 1.54) is 0 Å². The van der Waals surface area contributed by atoms with Crippen LogP contribution in [0.1, 0.15) is 41.1 Å². The first-order chi connectivity index (χ1) is 7.04. The summed E-state index contributed by atoms with van der Waals surface area (Å²) in [6, 6.07) is 0. The maximum atomic E-state index is 11.5. The molecule has 0 spiro atoms. The van der Waals surface area contributed by atoms with Crippen LogP contribution in [0.3, 0.4) is 0 Å². The highest BCUT2D eigenvalue weighted by molar-refractivity contribution is 7.11. The number of aromatic nitrogens is 1. The normalized spacial score (nSPS) is 10.7. The summed E-state index contributed by atoms with van der Waals surface area (Å²) in [7, 11) is 0. The molecule has 0 amide bonds. The number of rotatable bonds is 4. The van der Waals surface area contributed by atoms with E-state index in [0.717, 1.165) is 16.3 Å². The molecule has 0 N–H and O–H groups in total. The van der Waals surface area contributed by atoms with Crippen LogP contribution in [0.4, 0.5) is 0 Å². The van der Waals surface area contributed by atoms with Crippen molar-refractivity contribution in [3.05, 3.63) is 15.6 Å². The van der Waals surface area contributed by atoms with Gasteiger partial charge in [-0.1, -0.05) is 13.8 Å². The molecule has 0 aliphatic rings. The lowest BCUT2D eigenvalue weighted by atomic mass is 10.1. The first-order valence-electron chi connectivity index (χ1n) is 5.18. The van der Waals surface area contributed by atoms with Gasteiger partial charge in [0.15, 0.2) is 5.69 Å². The smallest absolute Gasteiger partial charge is 0.358 e. The van der Waals surface area contributed by atoms with Gasteiger partial charge in [0.05, 0.1) is 11.6 Å². The molecule has 4 heteroatoms. The lowest BCUT2D eigenvalue weighted by Crippen LogP contribution is -2.06. The van der Waals surface area contributed by atoms with Crippen LogP contribution in [0.2, 0.25) is 0 Å². The summed E-state index contributed by atoms with van der Waals surface area (Å²) in [6.07, 6.45) is 0.922. The lowest BCUT2D eigenvalue weighted by molar-refractivity contribution is 0.0519. The maximum Gasteiger partial charge on any atom is 0.358 e. The standard InChI is InChI=1S/C11H17NO2S/c1-5-14-11(13)10-8(4)15-9(12-10)6-7(2)3/h7H,5-6H2,1-4H3. The average Bonchev–Trinajstić information content (AvgIpc) is 2.46. The number of ether oxygens (including phenoxy) is 1. The minimum atomic E-state index is -0.304. The third-order valence-corrected chi connectivity index (χ3v) is 2.89. The van der Waals surface area contributed by atoms with E-state index in [4.69, 9.17) is 4.74 Å². The molecule has 0 aliphatic heterocycles. The number of nitrogens with zero attached hydrogens (tertiary/aromatic N) is 1. The highest BCUT2D eigenvalue weighted by atomic mass is 32.1. The largest absolute Gasteiger partial charge is 0.461 e. The third kappa shape index (κ3) is 3.30. The van der Waals surface area contributed by atoms with Crippen LogP contribution in [-0.2, 0) is 11.2 Å². The van der Waals surface area contributed by atoms with E-state index in [-0.39, 0.29) is 5.97 Å². The SMILES string of the molecule is CCOC(=O)c1nc(CC(C)C)sc1C. The number of hydrogen-bond acceptors (Lipinski definition) is 4. The number of carbonyl (C=O) groups is 1. The molecule has 0 aromatic carbocycles. The van der Waals surface area contributed by atoms with E-state index >= 15 is 0 Å². The Morgan fingerprint density at radius 3 is 2.73 bits per heavy atom. The van der Waals surface area contributed by atoms with Gasteiger partial charge in [-0.2, -0.15) is 0 Å². The van der Waals surface area contributed by atoms with Gasteiger partial charge in [0, 0.05) is 11.3 Å². The quantitative estimate of drug-likeness (QED) is 0.742. The second-order valence-corrected chi connectivity index (χ2v) is 5.12. The Kier molecular flexibility index (Phi) is 4.27. The van der Waals surface area contributed by atoms with Crippen molar-refractivity contribution in [2.45, 2.75) is 34.1 Å². The zero-order valence-electron chi connectivity index (χ0n) is 9.66. The van der Waals surface area contributed by atoms with Crippen molar-refractivity contribution in [2.75, 3.05) is 6.61 Å². The summed E-state index contributed by atoms with van der Waals surface area (Å²) >= 11 is 1.58. The molecule has 0 saturated carbocycles. The fraction of sp³-hybridized carbons (Fsp3) is 0.636. The first-order valence-corrected chi connectivity index (χ1v) is 5.99. The maximum absolute atomic E-state index is 11.5. The molecule has 0 radical (unpaired) electrons. The second kappa shape index (κ2) is 5.26. The molecule has 1 heterocycles. The van der Waals surface area contributed by atoms with Gasteiger partial charge < -0.3 is 4.74 Å². The average molecular weight is 227 g/mol. The molecule has 15 heavy (non-hydrogen) atoms. The molecule has 84 valence electrons. The van der Waals surface area contributed by atoms with Crippen LogP contribution in [0.15, 0.2) is 0 Å². The molecule has 0 atom stereocenters. The van der Waals surface area contributed by atoms with E-state index in [1.54, 1.807) is 18.3 Å². The van der Waals surface area contributed by atoms with Gasteiger partial charge in [-0.15, -0.1) is 11.3 Å². The van der Waals surface area contributed by atoms with Crippen LogP contribution in [0, 0.1) is 12.8 Å². The second-order valence-electron chi connectivity index (χ2n) is 3.83. The van der Waals surface area contributed by atoms with Gasteiger partial charge in [-0.25, -0.2) is 9.78 Å². The molecule has 0 fully saturated rings. The van der Waals surface area contributed by atoms with Crippen LogP contribution < -0.4 is 0 Å². The van der Waals surface area contributed by atoms with Crippen LogP contribution in [-0.4, -0.2) is 17.6 Å². The molecule has 1 rings (SSSR count). The van der Waals surface area contributed by atoms with E-state index in [9.17, 15) is 4.79 Å². The summed E-state index contributed by atoms with van der Waals surface area (Å²) in [5, 5.41) is 1.02. The summed E-state index contributed by atoms with van der Waals surface area (Å²) in [5.41, 5.74) is 0.484. The van der Waals surface area contributed by atoms with Crippen molar-refractivity contribution in [2.24, 2.45) is 5.92 Å². The van der Waals surface area contributed by atoms with Crippen molar-refractivity contribution in [1.29, 1.82) is 0 Å². The Bertz CT molecular complexity index is 344. The minimum Gasteiger partial charge on any atom is -0.461 e. The fourth-order valence-corrected chi connectivity index (χ4v) is 2.41. The first kappa shape index (κ1) is 12.2. The van der Waals surface area contributed by atoms with Crippen LogP contribution in [0.5, 0.6) is 0 Å². The molecule has 0 aliphatic carbocycles. The van der Waals surface area contributed by atoms with E-state index < -0.39 is 0 Å². The topological polar surface area (TPSA) is 39.2 Å². The van der Waals surface area contributed by atoms with Crippen molar-refractivity contribution < 1.29 is 9.53 Å². The van der Waals surface area contributed by atoms with Crippen molar-refractivity contribution in [3.63, 3.8) is 0 Å². The molecule has 1 aromatic heterocycles. The molecular formula is C11H17NO2S. The Hall–Kier alpha value is -0.900. The summed E-state index contributed by atoms with van der Waals surface area (Å²) in [6.45, 7) is 8.39. The van der Waals surface area contributed by atoms with Crippen molar-refractivity contribution in [3.8, 4) is 0 Å². The molecular weight excluding hydrogens is 210 g/mol. The van der Waals surface area contributed by atoms with Crippen LogP contribution in [0.25, 0.3) is 0 Å². The Morgan fingerprint density at radius 1 is 1.53 bits per heavy atom. The van der Waals surface area contributed by atoms with E-state index in [1.807, 2.05) is 6.92 Å². The predicted molar refractivity (Wildman–Crippen MR) is 61.3 cm³/mol. The Labute approximate surface area is 94.5 Å². The van der Waals surface area contributed by atoms with Gasteiger partial charge in [-0.3, -0.25) is 0 Å². The fourth-order valence-electron chi connectivity index (χ4n) is 1.28. The van der Waals surface area contributed by atoms with Gasteiger partial charge >= 0.3 is 5.97 Å². The van der Waals surface area contributed by atoms with Crippen molar-refractivity contribution >= 4 is 17.3 Å². The molecule has 0 bridgehead atoms. The van der Waals surface area contributed by atoms with Crippen molar-refractivity contribution in [1.82, 2.24) is 4.98 Å².